The molecule has 7 heteroatoms. The van der Waals surface area contributed by atoms with Gasteiger partial charge in [-0.15, -0.1) is 0 Å². The van der Waals surface area contributed by atoms with Crippen LogP contribution >= 0.6 is 0 Å². The summed E-state index contributed by atoms with van der Waals surface area (Å²) in [6.45, 7) is 0.441. The van der Waals surface area contributed by atoms with Gasteiger partial charge in [0.1, 0.15) is 6.61 Å². The van der Waals surface area contributed by atoms with Gasteiger partial charge in [0.25, 0.3) is 0 Å². The number of nitrogens with zero attached hydrogens (tertiary/aromatic N) is 2. The van der Waals surface area contributed by atoms with Crippen LogP contribution < -0.4 is 5.73 Å². The van der Waals surface area contributed by atoms with E-state index in [0.717, 1.165) is 0 Å². The number of pyridine rings is 1. The van der Waals surface area contributed by atoms with Crippen LogP contribution in [0.3, 0.4) is 0 Å². The molecule has 120 valence electrons. The highest BCUT2D eigenvalue weighted by Crippen LogP contribution is 2.29. The highest BCUT2D eigenvalue weighted by atomic mass is 32.2. The molecule has 23 heavy (non-hydrogen) atoms. The van der Waals surface area contributed by atoms with E-state index >= 15 is 0 Å². The first-order valence-electron chi connectivity index (χ1n) is 7.26. The fourth-order valence-electron chi connectivity index (χ4n) is 2.76. The predicted molar refractivity (Wildman–Crippen MR) is 87.1 cm³/mol. The van der Waals surface area contributed by atoms with Crippen LogP contribution in [0.25, 0.3) is 10.8 Å². The Morgan fingerprint density at radius 3 is 2.91 bits per heavy atom. The predicted octanol–water partition coefficient (Wildman–Crippen LogP) is 0.300. The molecule has 3 N–H and O–H groups in total. The van der Waals surface area contributed by atoms with Gasteiger partial charge < -0.3 is 10.8 Å². The summed E-state index contributed by atoms with van der Waals surface area (Å²) < 4.78 is 27.4. The first-order valence-corrected chi connectivity index (χ1v) is 8.70. The molecule has 1 aromatic carbocycles. The molecule has 6 nitrogen and oxygen atoms in total. The van der Waals surface area contributed by atoms with Gasteiger partial charge in [-0.2, -0.15) is 4.31 Å². The monoisotopic (exact) mass is 331 g/mol. The molecule has 0 bridgehead atoms. The molecule has 1 aromatic heterocycles. The van der Waals surface area contributed by atoms with E-state index < -0.39 is 10.0 Å². The van der Waals surface area contributed by atoms with Crippen LogP contribution in [-0.4, -0.2) is 48.6 Å². The van der Waals surface area contributed by atoms with Gasteiger partial charge in [0, 0.05) is 42.3 Å². The van der Waals surface area contributed by atoms with Crippen molar-refractivity contribution in [1.29, 1.82) is 0 Å². The van der Waals surface area contributed by atoms with E-state index in [1.165, 1.54) is 10.5 Å². The number of aromatic nitrogens is 1. The smallest absolute Gasteiger partial charge is 0.243 e. The van der Waals surface area contributed by atoms with Crippen LogP contribution in [0.2, 0.25) is 0 Å². The molecule has 1 saturated heterocycles. The molecule has 2 heterocycles. The molecule has 0 unspecified atom stereocenters. The first kappa shape index (κ1) is 15.9. The largest absolute Gasteiger partial charge is 0.384 e. The maximum Gasteiger partial charge on any atom is 0.243 e. The SMILES string of the molecule is N[C@@H]1CCN(S(=O)(=O)c2cccc3cncc(C#CCO)c23)C1. The fourth-order valence-corrected chi connectivity index (χ4v) is 4.50. The van der Waals surface area contributed by atoms with E-state index in [0.29, 0.717) is 35.8 Å². The Hall–Kier alpha value is -1.98. The molecule has 0 amide bonds. The normalized spacial score (nSPS) is 18.8. The summed E-state index contributed by atoms with van der Waals surface area (Å²) in [7, 11) is -3.65. The van der Waals surface area contributed by atoms with Gasteiger partial charge in [0.2, 0.25) is 10.0 Å². The summed E-state index contributed by atoms with van der Waals surface area (Å²) >= 11 is 0. The Labute approximate surface area is 135 Å². The zero-order chi connectivity index (χ0) is 16.4. The first-order chi connectivity index (χ1) is 11.0. The number of benzene rings is 1. The minimum absolute atomic E-state index is 0.130. The van der Waals surface area contributed by atoms with Crippen LogP contribution in [0, 0.1) is 11.8 Å². The van der Waals surface area contributed by atoms with Crippen molar-refractivity contribution in [3.8, 4) is 11.8 Å². The maximum absolute atomic E-state index is 13.0. The third kappa shape index (κ3) is 2.94. The number of aliphatic hydroxyl groups excluding tert-OH is 1. The lowest BCUT2D eigenvalue weighted by atomic mass is 10.1. The summed E-state index contributed by atoms with van der Waals surface area (Å²) in [6, 6.07) is 4.93. The van der Waals surface area contributed by atoms with E-state index in [1.54, 1.807) is 24.4 Å². The highest BCUT2D eigenvalue weighted by Gasteiger charge is 2.32. The quantitative estimate of drug-likeness (QED) is 0.772. The Bertz CT molecular complexity index is 894. The molecular formula is C16H17N3O3S. The van der Waals surface area contributed by atoms with Gasteiger partial charge in [-0.1, -0.05) is 24.0 Å². The zero-order valence-electron chi connectivity index (χ0n) is 12.4. The molecule has 0 radical (unpaired) electrons. The minimum atomic E-state index is -3.65. The lowest BCUT2D eigenvalue weighted by molar-refractivity contribution is 0.350. The standard InChI is InChI=1S/C16H17N3O3S/c17-14-6-7-19(11-14)23(21,22)15-5-1-3-12-9-18-10-13(16(12)15)4-2-8-20/h1,3,5,9-10,14,20H,6-8,11,17H2/t14-/m1/s1. The highest BCUT2D eigenvalue weighted by molar-refractivity contribution is 7.89. The van der Waals surface area contributed by atoms with Crippen molar-refractivity contribution in [3.63, 3.8) is 0 Å². The van der Waals surface area contributed by atoms with E-state index in [4.69, 9.17) is 10.8 Å². The van der Waals surface area contributed by atoms with Crippen molar-refractivity contribution in [2.45, 2.75) is 17.4 Å². The van der Waals surface area contributed by atoms with E-state index in [2.05, 4.69) is 16.8 Å². The maximum atomic E-state index is 13.0. The van der Waals surface area contributed by atoms with Crippen molar-refractivity contribution in [1.82, 2.24) is 9.29 Å². The number of rotatable bonds is 2. The molecule has 0 saturated carbocycles. The second-order valence-corrected chi connectivity index (χ2v) is 7.32. The number of aliphatic hydroxyl groups is 1. The third-order valence-corrected chi connectivity index (χ3v) is 5.76. The van der Waals surface area contributed by atoms with Crippen LogP contribution in [-0.2, 0) is 10.0 Å². The van der Waals surface area contributed by atoms with E-state index in [9.17, 15) is 8.42 Å². The summed E-state index contributed by atoms with van der Waals surface area (Å²) in [6.07, 6.45) is 3.77. The van der Waals surface area contributed by atoms with Crippen LogP contribution in [0.15, 0.2) is 35.5 Å². The summed E-state index contributed by atoms with van der Waals surface area (Å²) in [5.74, 6) is 5.33. The molecule has 1 atom stereocenters. The van der Waals surface area contributed by atoms with E-state index in [1.807, 2.05) is 0 Å². The second kappa shape index (κ2) is 6.26. The number of hydrogen-bond acceptors (Lipinski definition) is 5. The third-order valence-electron chi connectivity index (χ3n) is 3.85. The summed E-state index contributed by atoms with van der Waals surface area (Å²) in [4.78, 5) is 4.29. The molecule has 2 aromatic rings. The molecule has 1 aliphatic rings. The molecule has 0 spiro atoms. The van der Waals surface area contributed by atoms with Crippen molar-refractivity contribution in [2.75, 3.05) is 19.7 Å². The summed E-state index contributed by atoms with van der Waals surface area (Å²) in [5.41, 5.74) is 6.33. The topological polar surface area (TPSA) is 96.5 Å². The van der Waals surface area contributed by atoms with Crippen molar-refractivity contribution in [2.24, 2.45) is 5.73 Å². The molecule has 1 aliphatic heterocycles. The lowest BCUT2D eigenvalue weighted by Gasteiger charge is -2.17. The number of sulfonamides is 1. The van der Waals surface area contributed by atoms with Crippen LogP contribution in [0.5, 0.6) is 0 Å². The number of nitrogens with two attached hydrogens (primary N) is 1. The lowest BCUT2D eigenvalue weighted by Crippen LogP contribution is -2.32. The minimum Gasteiger partial charge on any atom is -0.384 e. The molecular weight excluding hydrogens is 314 g/mol. The Kier molecular flexibility index (Phi) is 4.33. The van der Waals surface area contributed by atoms with Crippen LogP contribution in [0.1, 0.15) is 12.0 Å². The molecule has 0 aliphatic carbocycles. The van der Waals surface area contributed by atoms with Gasteiger partial charge >= 0.3 is 0 Å². The fraction of sp³-hybridized carbons (Fsp3) is 0.312. The van der Waals surface area contributed by atoms with Gasteiger partial charge in [-0.25, -0.2) is 8.42 Å². The van der Waals surface area contributed by atoms with Crippen molar-refractivity contribution in [3.05, 3.63) is 36.2 Å². The summed E-state index contributed by atoms with van der Waals surface area (Å²) in [5, 5.41) is 10.1. The Morgan fingerprint density at radius 2 is 2.22 bits per heavy atom. The van der Waals surface area contributed by atoms with Crippen molar-refractivity contribution < 1.29 is 13.5 Å². The number of hydrogen-bond donors (Lipinski definition) is 2. The van der Waals surface area contributed by atoms with Gasteiger partial charge in [-0.3, -0.25) is 4.98 Å². The van der Waals surface area contributed by atoms with Gasteiger partial charge in [0.15, 0.2) is 0 Å². The Balaban J connectivity index is 2.21. The molecule has 3 rings (SSSR count). The average molecular weight is 331 g/mol. The number of fused-ring (bicyclic) bond motifs is 1. The second-order valence-electron chi connectivity index (χ2n) is 5.41. The van der Waals surface area contributed by atoms with Crippen molar-refractivity contribution >= 4 is 20.8 Å². The van der Waals surface area contributed by atoms with Gasteiger partial charge in [0.05, 0.1) is 10.5 Å². The Morgan fingerprint density at radius 1 is 1.39 bits per heavy atom. The van der Waals surface area contributed by atoms with Crippen LogP contribution in [0.4, 0.5) is 0 Å². The van der Waals surface area contributed by atoms with Gasteiger partial charge in [-0.05, 0) is 12.5 Å². The van der Waals surface area contributed by atoms with E-state index in [-0.39, 0.29) is 17.5 Å². The average Bonchev–Trinajstić information content (AvgIpc) is 2.99. The molecule has 1 fully saturated rings. The zero-order valence-corrected chi connectivity index (χ0v) is 13.3.